The molecule has 0 N–H and O–H groups in total. The maximum absolute atomic E-state index is 11.7. The monoisotopic (exact) mass is 308 g/mol. The number of Topliss-reactive ketones (excluding diaryl/α,β-unsaturated/α-hetero) is 1. The van der Waals surface area contributed by atoms with Crippen molar-refractivity contribution in [3.63, 3.8) is 0 Å². The third-order valence-corrected chi connectivity index (χ3v) is 4.18. The zero-order valence-electron chi connectivity index (χ0n) is 8.89. The van der Waals surface area contributed by atoms with Crippen LogP contribution in [-0.2, 0) is 5.75 Å². The van der Waals surface area contributed by atoms with Gasteiger partial charge in [-0.3, -0.25) is 4.79 Å². The predicted octanol–water partition coefficient (Wildman–Crippen LogP) is 3.06. The van der Waals surface area contributed by atoms with Gasteiger partial charge in [-0.15, -0.1) is 11.8 Å². The van der Waals surface area contributed by atoms with Crippen molar-refractivity contribution >= 4 is 33.5 Å². The number of halogens is 1. The maximum atomic E-state index is 11.7. The molecule has 0 saturated carbocycles. The summed E-state index contributed by atoms with van der Waals surface area (Å²) in [5, 5.41) is 4.32. The Balaban J connectivity index is 2.10. The third-order valence-electron chi connectivity index (χ3n) is 2.71. The van der Waals surface area contributed by atoms with Gasteiger partial charge in [-0.1, -0.05) is 15.9 Å². The number of hydrogen-bond acceptors (Lipinski definition) is 3. The molecule has 1 aliphatic rings. The SMILES string of the molecule is O=C1CSCc2c1cnn2-c1ccc(Br)cc1. The van der Waals surface area contributed by atoms with Crippen molar-refractivity contribution in [3.05, 3.63) is 46.2 Å². The van der Waals surface area contributed by atoms with Crippen LogP contribution in [0.15, 0.2) is 34.9 Å². The number of thioether (sulfide) groups is 1. The van der Waals surface area contributed by atoms with Crippen LogP contribution in [0.25, 0.3) is 5.69 Å². The lowest BCUT2D eigenvalue weighted by Crippen LogP contribution is -2.13. The first-order chi connectivity index (χ1) is 8.25. The smallest absolute Gasteiger partial charge is 0.176 e. The van der Waals surface area contributed by atoms with E-state index in [4.69, 9.17) is 0 Å². The minimum Gasteiger partial charge on any atom is -0.293 e. The van der Waals surface area contributed by atoms with Gasteiger partial charge >= 0.3 is 0 Å². The topological polar surface area (TPSA) is 34.9 Å². The van der Waals surface area contributed by atoms with Crippen molar-refractivity contribution in [2.24, 2.45) is 0 Å². The Hall–Kier alpha value is -1.07. The van der Waals surface area contributed by atoms with Gasteiger partial charge in [-0.25, -0.2) is 4.68 Å². The Morgan fingerprint density at radius 3 is 2.76 bits per heavy atom. The molecule has 0 radical (unpaired) electrons. The zero-order chi connectivity index (χ0) is 11.8. The molecule has 86 valence electrons. The fraction of sp³-hybridized carbons (Fsp3) is 0.167. The molecule has 1 aromatic heterocycles. The number of benzene rings is 1. The van der Waals surface area contributed by atoms with Gasteiger partial charge in [0.05, 0.1) is 28.9 Å². The number of rotatable bonds is 1. The van der Waals surface area contributed by atoms with E-state index in [1.54, 1.807) is 18.0 Å². The molecule has 0 fully saturated rings. The molecule has 1 aromatic carbocycles. The average Bonchev–Trinajstić information content (AvgIpc) is 2.75. The number of ketones is 1. The first-order valence-corrected chi connectivity index (χ1v) is 7.14. The van der Waals surface area contributed by atoms with Gasteiger partial charge < -0.3 is 0 Å². The molecule has 3 nitrogen and oxygen atoms in total. The van der Waals surface area contributed by atoms with Crippen molar-refractivity contribution < 1.29 is 4.79 Å². The van der Waals surface area contributed by atoms with E-state index in [1.807, 2.05) is 28.9 Å². The molecular weight excluding hydrogens is 300 g/mol. The molecule has 0 spiro atoms. The summed E-state index contributed by atoms with van der Waals surface area (Å²) in [7, 11) is 0. The van der Waals surface area contributed by atoms with E-state index in [1.165, 1.54) is 0 Å². The first kappa shape index (κ1) is 11.0. The summed E-state index contributed by atoms with van der Waals surface area (Å²) in [4.78, 5) is 11.7. The molecule has 1 aliphatic heterocycles. The van der Waals surface area contributed by atoms with Crippen molar-refractivity contribution in [2.75, 3.05) is 5.75 Å². The summed E-state index contributed by atoms with van der Waals surface area (Å²) in [5.41, 5.74) is 2.77. The van der Waals surface area contributed by atoms with Gasteiger partial charge in [0, 0.05) is 10.2 Å². The lowest BCUT2D eigenvalue weighted by molar-refractivity contribution is 0.102. The number of hydrogen-bond donors (Lipinski definition) is 0. The van der Waals surface area contributed by atoms with E-state index in [-0.39, 0.29) is 5.78 Å². The van der Waals surface area contributed by atoms with Crippen molar-refractivity contribution in [1.82, 2.24) is 9.78 Å². The summed E-state index contributed by atoms with van der Waals surface area (Å²) < 4.78 is 2.89. The van der Waals surface area contributed by atoms with E-state index in [0.29, 0.717) is 5.75 Å². The highest BCUT2D eigenvalue weighted by Gasteiger charge is 2.22. The van der Waals surface area contributed by atoms with Crippen LogP contribution in [0.2, 0.25) is 0 Å². The largest absolute Gasteiger partial charge is 0.293 e. The van der Waals surface area contributed by atoms with Gasteiger partial charge in [-0.2, -0.15) is 5.10 Å². The zero-order valence-corrected chi connectivity index (χ0v) is 11.3. The number of carbonyl (C=O) groups is 1. The molecule has 0 saturated heterocycles. The van der Waals surface area contributed by atoms with Gasteiger partial charge in [0.1, 0.15) is 0 Å². The minimum atomic E-state index is 0.180. The fourth-order valence-electron chi connectivity index (χ4n) is 1.87. The van der Waals surface area contributed by atoms with Gasteiger partial charge in [-0.05, 0) is 24.3 Å². The molecule has 17 heavy (non-hydrogen) atoms. The lowest BCUT2D eigenvalue weighted by atomic mass is 10.2. The van der Waals surface area contributed by atoms with Gasteiger partial charge in [0.25, 0.3) is 0 Å². The van der Waals surface area contributed by atoms with E-state index >= 15 is 0 Å². The Morgan fingerprint density at radius 1 is 1.24 bits per heavy atom. The van der Waals surface area contributed by atoms with E-state index in [0.717, 1.165) is 27.2 Å². The molecule has 0 bridgehead atoms. The van der Waals surface area contributed by atoms with Crippen LogP contribution >= 0.6 is 27.7 Å². The van der Waals surface area contributed by atoms with Crippen molar-refractivity contribution in [1.29, 1.82) is 0 Å². The molecule has 5 heteroatoms. The highest BCUT2D eigenvalue weighted by atomic mass is 79.9. The molecule has 0 unspecified atom stereocenters. The summed E-state index contributed by atoms with van der Waals surface area (Å²) in [6, 6.07) is 7.92. The Labute approximate surface area is 111 Å². The molecule has 3 rings (SSSR count). The fourth-order valence-corrected chi connectivity index (χ4v) is 3.05. The average molecular weight is 309 g/mol. The highest BCUT2D eigenvalue weighted by molar-refractivity contribution is 9.10. The standard InChI is InChI=1S/C12H9BrN2OS/c13-8-1-3-9(4-2-8)15-11-6-17-7-12(16)10(11)5-14-15/h1-5H,6-7H2. The van der Waals surface area contributed by atoms with E-state index in [9.17, 15) is 4.79 Å². The second-order valence-electron chi connectivity index (χ2n) is 3.81. The molecule has 2 heterocycles. The predicted molar refractivity (Wildman–Crippen MR) is 71.8 cm³/mol. The van der Waals surface area contributed by atoms with Crippen LogP contribution in [0.1, 0.15) is 16.1 Å². The quantitative estimate of drug-likeness (QED) is 0.812. The minimum absolute atomic E-state index is 0.180. The van der Waals surface area contributed by atoms with E-state index in [2.05, 4.69) is 21.0 Å². The Kier molecular flexibility index (Phi) is 2.80. The normalized spacial score (nSPS) is 14.8. The van der Waals surface area contributed by atoms with Crippen LogP contribution in [0, 0.1) is 0 Å². The van der Waals surface area contributed by atoms with Crippen LogP contribution in [0.3, 0.4) is 0 Å². The second kappa shape index (κ2) is 4.31. The molecule has 0 atom stereocenters. The van der Waals surface area contributed by atoms with Crippen LogP contribution in [-0.4, -0.2) is 21.3 Å². The van der Waals surface area contributed by atoms with Crippen molar-refractivity contribution in [2.45, 2.75) is 5.75 Å². The maximum Gasteiger partial charge on any atom is 0.176 e. The number of nitrogens with zero attached hydrogens (tertiary/aromatic N) is 2. The summed E-state index contributed by atoms with van der Waals surface area (Å²) in [5.74, 6) is 1.59. The third kappa shape index (κ3) is 1.93. The molecule has 0 amide bonds. The van der Waals surface area contributed by atoms with Crippen LogP contribution in [0.5, 0.6) is 0 Å². The summed E-state index contributed by atoms with van der Waals surface area (Å²) >= 11 is 5.05. The van der Waals surface area contributed by atoms with Crippen molar-refractivity contribution in [3.8, 4) is 5.69 Å². The Bertz CT molecular complexity index is 577. The summed E-state index contributed by atoms with van der Waals surface area (Å²) in [6.07, 6.45) is 1.68. The summed E-state index contributed by atoms with van der Waals surface area (Å²) in [6.45, 7) is 0. The number of aromatic nitrogens is 2. The van der Waals surface area contributed by atoms with Gasteiger partial charge in [0.15, 0.2) is 5.78 Å². The highest BCUT2D eigenvalue weighted by Crippen LogP contribution is 2.26. The van der Waals surface area contributed by atoms with Gasteiger partial charge in [0.2, 0.25) is 0 Å². The molecular formula is C12H9BrN2OS. The second-order valence-corrected chi connectivity index (χ2v) is 5.71. The lowest BCUT2D eigenvalue weighted by Gasteiger charge is -2.12. The van der Waals surface area contributed by atoms with E-state index < -0.39 is 0 Å². The number of fused-ring (bicyclic) bond motifs is 1. The molecule has 0 aliphatic carbocycles. The molecule has 2 aromatic rings. The number of carbonyl (C=O) groups excluding carboxylic acids is 1. The first-order valence-electron chi connectivity index (χ1n) is 5.19. The Morgan fingerprint density at radius 2 is 2.00 bits per heavy atom. The van der Waals surface area contributed by atoms with Crippen LogP contribution < -0.4 is 0 Å². The van der Waals surface area contributed by atoms with Crippen LogP contribution in [0.4, 0.5) is 0 Å².